The lowest BCUT2D eigenvalue weighted by Gasteiger charge is -2.51. The molecule has 3 aliphatic heterocycles. The fraction of sp³-hybridized carbons (Fsp3) is 0.368. The summed E-state index contributed by atoms with van der Waals surface area (Å²) in [4.78, 5) is 3.65. The Balaban J connectivity index is 1.60. The Labute approximate surface area is 160 Å². The summed E-state index contributed by atoms with van der Waals surface area (Å²) < 4.78 is 7.72. The minimum absolute atomic E-state index is 0.196. The zero-order chi connectivity index (χ0) is 17.0. The highest BCUT2D eigenvalue weighted by atomic mass is 79.9. The number of halogens is 1. The first kappa shape index (κ1) is 15.9. The van der Waals surface area contributed by atoms with E-state index in [0.29, 0.717) is 0 Å². The van der Waals surface area contributed by atoms with E-state index in [1.165, 1.54) is 16.1 Å². The Kier molecular flexibility index (Phi) is 3.71. The van der Waals surface area contributed by atoms with Crippen molar-refractivity contribution in [1.82, 2.24) is 15.3 Å². The molecule has 1 saturated heterocycles. The second-order valence-electron chi connectivity index (χ2n) is 7.02. The zero-order valence-electron chi connectivity index (χ0n) is 14.0. The molecule has 0 saturated carbocycles. The lowest BCUT2D eigenvalue weighted by molar-refractivity contribution is -0.157. The van der Waals surface area contributed by atoms with E-state index in [2.05, 4.69) is 80.1 Å². The number of thiophene rings is 1. The Morgan fingerprint density at radius 2 is 2.12 bits per heavy atom. The maximum atomic E-state index is 6.63. The molecule has 0 radical (unpaired) electrons. The monoisotopic (exact) mass is 417 g/mol. The van der Waals surface area contributed by atoms with Crippen LogP contribution >= 0.6 is 27.3 Å². The molecule has 4 nitrogen and oxygen atoms in total. The van der Waals surface area contributed by atoms with Gasteiger partial charge in [-0.3, -0.25) is 0 Å². The Hall–Kier alpha value is -1.34. The summed E-state index contributed by atoms with van der Waals surface area (Å²) in [6.07, 6.45) is 4.34. The topological polar surface area (TPSA) is 27.7 Å². The predicted molar refractivity (Wildman–Crippen MR) is 104 cm³/mol. The third-order valence-electron chi connectivity index (χ3n) is 5.43. The smallest absolute Gasteiger partial charge is 0.182 e. The molecule has 1 atom stereocenters. The number of nitrogens with zero attached hydrogens (tertiary/aromatic N) is 2. The van der Waals surface area contributed by atoms with Crippen LogP contribution in [0.3, 0.4) is 0 Å². The van der Waals surface area contributed by atoms with Gasteiger partial charge in [0.05, 0.1) is 16.6 Å². The van der Waals surface area contributed by atoms with E-state index in [1.807, 2.05) is 0 Å². The van der Waals surface area contributed by atoms with Gasteiger partial charge < -0.3 is 15.1 Å². The van der Waals surface area contributed by atoms with Crippen LogP contribution in [0.5, 0.6) is 5.75 Å². The van der Waals surface area contributed by atoms with E-state index in [4.69, 9.17) is 4.74 Å². The van der Waals surface area contributed by atoms with E-state index < -0.39 is 0 Å². The average molecular weight is 418 g/mol. The number of benzene rings is 1. The molecule has 1 fully saturated rings. The molecule has 0 bridgehead atoms. The standard InChI is InChI=1S/C19H20BrN3OS/c1-22-8-6-19(7-9-22)23-16(12-15(21-23)18-3-2-10-25-18)14-11-13(20)4-5-17(14)24-19/h2-5,10-12,16,21H,6-9H2,1H3/t16-/m1/s1. The van der Waals surface area contributed by atoms with Crippen LogP contribution in [0.1, 0.15) is 29.3 Å². The minimum atomic E-state index is -0.284. The van der Waals surface area contributed by atoms with Gasteiger partial charge in [-0.05, 0) is 42.8 Å². The molecule has 130 valence electrons. The van der Waals surface area contributed by atoms with E-state index in [0.717, 1.165) is 36.2 Å². The van der Waals surface area contributed by atoms with Crippen LogP contribution in [0.2, 0.25) is 0 Å². The van der Waals surface area contributed by atoms with Crippen LogP contribution in [-0.4, -0.2) is 35.8 Å². The highest BCUT2D eigenvalue weighted by molar-refractivity contribution is 9.10. The van der Waals surface area contributed by atoms with Crippen molar-refractivity contribution >= 4 is 33.0 Å². The van der Waals surface area contributed by atoms with Gasteiger partial charge in [-0.1, -0.05) is 22.0 Å². The second kappa shape index (κ2) is 5.84. The minimum Gasteiger partial charge on any atom is -0.470 e. The lowest BCUT2D eigenvalue weighted by atomic mass is 9.93. The van der Waals surface area contributed by atoms with Crippen LogP contribution in [0.15, 0.2) is 46.3 Å². The van der Waals surface area contributed by atoms with Crippen molar-refractivity contribution in [2.45, 2.75) is 24.6 Å². The quantitative estimate of drug-likeness (QED) is 0.751. The van der Waals surface area contributed by atoms with Crippen LogP contribution in [-0.2, 0) is 0 Å². The fourth-order valence-electron chi connectivity index (χ4n) is 4.03. The van der Waals surface area contributed by atoms with Gasteiger partial charge in [-0.15, -0.1) is 11.3 Å². The number of piperidine rings is 1. The molecule has 1 spiro atoms. The van der Waals surface area contributed by atoms with Gasteiger partial charge in [-0.2, -0.15) is 5.01 Å². The number of likely N-dealkylation sites (tertiary alicyclic amines) is 1. The summed E-state index contributed by atoms with van der Waals surface area (Å²) in [6, 6.07) is 10.8. The first-order chi connectivity index (χ1) is 12.1. The van der Waals surface area contributed by atoms with Gasteiger partial charge in [0.2, 0.25) is 0 Å². The van der Waals surface area contributed by atoms with Crippen molar-refractivity contribution in [3.8, 4) is 5.75 Å². The van der Waals surface area contributed by atoms with E-state index in [-0.39, 0.29) is 11.8 Å². The Bertz CT molecular complexity index is 827. The van der Waals surface area contributed by atoms with Crippen LogP contribution in [0.25, 0.3) is 5.70 Å². The Morgan fingerprint density at radius 1 is 1.28 bits per heavy atom. The molecule has 1 aromatic carbocycles. The number of nitrogens with one attached hydrogen (secondary N) is 1. The summed E-state index contributed by atoms with van der Waals surface area (Å²) in [6.45, 7) is 2.09. The van der Waals surface area contributed by atoms with Crippen LogP contribution < -0.4 is 10.2 Å². The molecule has 1 aromatic heterocycles. The number of rotatable bonds is 1. The molecular formula is C19H20BrN3OS. The Morgan fingerprint density at radius 3 is 2.88 bits per heavy atom. The molecule has 0 amide bonds. The normalized spacial score (nSPS) is 25.0. The number of hydrogen-bond acceptors (Lipinski definition) is 5. The summed E-state index contributed by atoms with van der Waals surface area (Å²) in [7, 11) is 2.19. The van der Waals surface area contributed by atoms with E-state index in [1.54, 1.807) is 11.3 Å². The third kappa shape index (κ3) is 2.54. The first-order valence-electron chi connectivity index (χ1n) is 8.63. The number of ether oxygens (including phenoxy) is 1. The van der Waals surface area contributed by atoms with Crippen LogP contribution in [0, 0.1) is 0 Å². The van der Waals surface area contributed by atoms with E-state index >= 15 is 0 Å². The van der Waals surface area contributed by atoms with Gasteiger partial charge >= 0.3 is 0 Å². The second-order valence-corrected chi connectivity index (χ2v) is 8.88. The molecule has 3 aliphatic rings. The van der Waals surface area contributed by atoms with Crippen LogP contribution in [0.4, 0.5) is 0 Å². The van der Waals surface area contributed by atoms with Gasteiger partial charge in [0.25, 0.3) is 0 Å². The summed E-state index contributed by atoms with van der Waals surface area (Å²) in [5.41, 5.74) is 5.80. The van der Waals surface area contributed by atoms with Crippen molar-refractivity contribution in [3.05, 3.63) is 56.7 Å². The summed E-state index contributed by atoms with van der Waals surface area (Å²) in [5, 5.41) is 4.48. The van der Waals surface area contributed by atoms with Crippen molar-refractivity contribution in [2.75, 3.05) is 20.1 Å². The zero-order valence-corrected chi connectivity index (χ0v) is 16.4. The fourth-order valence-corrected chi connectivity index (χ4v) is 5.11. The summed E-state index contributed by atoms with van der Waals surface area (Å²) >= 11 is 5.39. The van der Waals surface area contributed by atoms with Crippen molar-refractivity contribution < 1.29 is 4.74 Å². The maximum Gasteiger partial charge on any atom is 0.182 e. The SMILES string of the molecule is CN1CCC2(CC1)Oc1ccc(Br)cc1[C@H]1C=C(c3cccs3)NN12. The van der Waals surface area contributed by atoms with Gasteiger partial charge in [0.15, 0.2) is 5.72 Å². The van der Waals surface area contributed by atoms with Gasteiger partial charge in [0, 0.05) is 36.0 Å². The molecular weight excluding hydrogens is 398 g/mol. The molecule has 5 rings (SSSR count). The molecule has 6 heteroatoms. The van der Waals surface area contributed by atoms with Gasteiger partial charge in [0.1, 0.15) is 5.75 Å². The van der Waals surface area contributed by atoms with Crippen molar-refractivity contribution in [3.63, 3.8) is 0 Å². The third-order valence-corrected chi connectivity index (χ3v) is 6.82. The summed E-state index contributed by atoms with van der Waals surface area (Å²) in [5.74, 6) is 1.01. The molecule has 2 aromatic rings. The molecule has 25 heavy (non-hydrogen) atoms. The van der Waals surface area contributed by atoms with Crippen molar-refractivity contribution in [1.29, 1.82) is 0 Å². The molecule has 4 heterocycles. The average Bonchev–Trinajstić information content (AvgIpc) is 3.28. The highest BCUT2D eigenvalue weighted by Crippen LogP contribution is 2.49. The van der Waals surface area contributed by atoms with Crippen molar-refractivity contribution in [2.24, 2.45) is 0 Å². The number of fused-ring (bicyclic) bond motifs is 4. The first-order valence-corrected chi connectivity index (χ1v) is 10.3. The molecule has 0 unspecified atom stereocenters. The number of hydrogen-bond donors (Lipinski definition) is 1. The largest absolute Gasteiger partial charge is 0.470 e. The predicted octanol–water partition coefficient (Wildman–Crippen LogP) is 4.23. The molecule has 1 N–H and O–H groups in total. The van der Waals surface area contributed by atoms with E-state index in [9.17, 15) is 0 Å². The number of hydrazine groups is 1. The lowest BCUT2D eigenvalue weighted by Crippen LogP contribution is -2.63. The van der Waals surface area contributed by atoms with Gasteiger partial charge in [-0.25, -0.2) is 0 Å². The highest BCUT2D eigenvalue weighted by Gasteiger charge is 2.51. The maximum absolute atomic E-state index is 6.63. The molecule has 0 aliphatic carbocycles.